The van der Waals surface area contributed by atoms with Crippen LogP contribution in [0.15, 0.2) is 36.4 Å². The number of benzene rings is 2. The molecule has 36 heavy (non-hydrogen) atoms. The number of likely N-dealkylation sites (tertiary alicyclic amines) is 1. The van der Waals surface area contributed by atoms with Crippen LogP contribution in [-0.2, 0) is 20.7 Å². The molecule has 1 aliphatic rings. The fourth-order valence-electron chi connectivity index (χ4n) is 4.63. The van der Waals surface area contributed by atoms with E-state index in [1.54, 1.807) is 52.0 Å². The number of carbonyl (C=O) groups is 1. The van der Waals surface area contributed by atoms with Crippen molar-refractivity contribution >= 4 is 12.0 Å². The summed E-state index contributed by atoms with van der Waals surface area (Å²) in [5.41, 5.74) is 3.30. The number of rotatable bonds is 11. The van der Waals surface area contributed by atoms with E-state index < -0.39 is 18.2 Å². The molecule has 5 nitrogen and oxygen atoms in total. The molecule has 2 aromatic rings. The summed E-state index contributed by atoms with van der Waals surface area (Å²) in [6.07, 6.45) is 4.45. The highest BCUT2D eigenvalue weighted by atomic mass is 19.1. The Balaban J connectivity index is 1.59. The zero-order chi connectivity index (χ0) is 26.2. The summed E-state index contributed by atoms with van der Waals surface area (Å²) in [6, 6.07) is 8.68. The van der Waals surface area contributed by atoms with Crippen molar-refractivity contribution < 1.29 is 28.2 Å². The van der Waals surface area contributed by atoms with E-state index in [1.165, 1.54) is 12.1 Å². The van der Waals surface area contributed by atoms with E-state index >= 15 is 0 Å². The van der Waals surface area contributed by atoms with Crippen molar-refractivity contribution in [3.05, 3.63) is 75.9 Å². The van der Waals surface area contributed by atoms with Gasteiger partial charge in [-0.3, -0.25) is 4.90 Å². The highest BCUT2D eigenvalue weighted by molar-refractivity contribution is 5.87. The predicted octanol–water partition coefficient (Wildman–Crippen LogP) is 5.30. The molecule has 196 valence electrons. The van der Waals surface area contributed by atoms with E-state index in [4.69, 9.17) is 9.47 Å². The molecule has 0 bridgehead atoms. The van der Waals surface area contributed by atoms with Crippen molar-refractivity contribution in [2.75, 3.05) is 26.3 Å². The van der Waals surface area contributed by atoms with Gasteiger partial charge in [-0.1, -0.05) is 12.1 Å². The first-order valence-electron chi connectivity index (χ1n) is 12.6. The van der Waals surface area contributed by atoms with E-state index in [9.17, 15) is 18.7 Å². The van der Waals surface area contributed by atoms with Gasteiger partial charge >= 0.3 is 5.97 Å². The van der Waals surface area contributed by atoms with Gasteiger partial charge in [-0.2, -0.15) is 0 Å². The number of ether oxygens (including phenoxy) is 2. The second-order valence-corrected chi connectivity index (χ2v) is 9.52. The van der Waals surface area contributed by atoms with Crippen LogP contribution in [0, 0.1) is 25.5 Å². The van der Waals surface area contributed by atoms with E-state index in [0.29, 0.717) is 28.8 Å². The second kappa shape index (κ2) is 13.1. The third kappa shape index (κ3) is 7.69. The maximum absolute atomic E-state index is 14.3. The SMILES string of the molecule is CCOC(=O)C=Cc1cc(C)c(F)cc1[C@@H](C)OC[C@H](O)CN1CCC[C@H]1Cc1ccc(C)c(F)c1. The van der Waals surface area contributed by atoms with E-state index in [0.717, 1.165) is 31.4 Å². The normalized spacial score (nSPS) is 18.0. The Morgan fingerprint density at radius 1 is 1.19 bits per heavy atom. The minimum Gasteiger partial charge on any atom is -0.463 e. The van der Waals surface area contributed by atoms with Gasteiger partial charge in [-0.15, -0.1) is 0 Å². The Kier molecular flexibility index (Phi) is 10.2. The van der Waals surface area contributed by atoms with E-state index in [2.05, 4.69) is 4.90 Å². The lowest BCUT2D eigenvalue weighted by Crippen LogP contribution is -2.39. The monoisotopic (exact) mass is 501 g/mol. The van der Waals surface area contributed by atoms with Crippen molar-refractivity contribution in [3.63, 3.8) is 0 Å². The Bertz CT molecular complexity index is 1070. The molecule has 0 aliphatic carbocycles. The molecule has 3 rings (SSSR count). The Morgan fingerprint density at radius 2 is 1.94 bits per heavy atom. The van der Waals surface area contributed by atoms with Crippen LogP contribution in [0.2, 0.25) is 0 Å². The van der Waals surface area contributed by atoms with Gasteiger partial charge in [0.1, 0.15) is 11.6 Å². The van der Waals surface area contributed by atoms with Crippen LogP contribution in [0.4, 0.5) is 8.78 Å². The van der Waals surface area contributed by atoms with Gasteiger partial charge in [0, 0.05) is 18.7 Å². The van der Waals surface area contributed by atoms with Crippen LogP contribution < -0.4 is 0 Å². The molecule has 7 heteroatoms. The van der Waals surface area contributed by atoms with Crippen molar-refractivity contribution in [2.45, 2.75) is 65.2 Å². The highest BCUT2D eigenvalue weighted by Crippen LogP contribution is 2.27. The summed E-state index contributed by atoms with van der Waals surface area (Å²) >= 11 is 0. The molecule has 0 saturated carbocycles. The average Bonchev–Trinajstić information content (AvgIpc) is 3.26. The zero-order valence-electron chi connectivity index (χ0n) is 21.6. The Hall–Kier alpha value is -2.61. The molecule has 0 aromatic heterocycles. The number of esters is 1. The van der Waals surface area contributed by atoms with Crippen molar-refractivity contribution in [1.82, 2.24) is 4.90 Å². The van der Waals surface area contributed by atoms with Gasteiger partial charge in [0.2, 0.25) is 0 Å². The van der Waals surface area contributed by atoms with Gasteiger partial charge in [-0.25, -0.2) is 13.6 Å². The first-order chi connectivity index (χ1) is 17.2. The largest absolute Gasteiger partial charge is 0.463 e. The van der Waals surface area contributed by atoms with Crippen molar-refractivity contribution in [2.24, 2.45) is 0 Å². The first-order valence-corrected chi connectivity index (χ1v) is 12.6. The Morgan fingerprint density at radius 3 is 2.67 bits per heavy atom. The first kappa shape index (κ1) is 28.0. The van der Waals surface area contributed by atoms with Crippen LogP contribution in [0.1, 0.15) is 60.6 Å². The Labute approximate surface area is 212 Å². The minimum absolute atomic E-state index is 0.0834. The molecule has 1 N–H and O–H groups in total. The highest BCUT2D eigenvalue weighted by Gasteiger charge is 2.27. The average molecular weight is 502 g/mol. The summed E-state index contributed by atoms with van der Waals surface area (Å²) in [7, 11) is 0. The summed E-state index contributed by atoms with van der Waals surface area (Å²) < 4.78 is 39.1. The van der Waals surface area contributed by atoms with Crippen LogP contribution in [-0.4, -0.2) is 54.4 Å². The molecule has 1 saturated heterocycles. The summed E-state index contributed by atoms with van der Waals surface area (Å²) in [4.78, 5) is 14.0. The molecule has 1 aliphatic heterocycles. The molecule has 3 atom stereocenters. The molecule has 1 fully saturated rings. The maximum atomic E-state index is 14.3. The molecular weight excluding hydrogens is 464 g/mol. The maximum Gasteiger partial charge on any atom is 0.330 e. The number of β-amino-alcohol motifs (C(OH)–C–C–N with tert-alkyl or cyclic N) is 1. The number of hydrogen-bond donors (Lipinski definition) is 1. The van der Waals surface area contributed by atoms with Crippen molar-refractivity contribution in [3.8, 4) is 0 Å². The number of carbonyl (C=O) groups excluding carboxylic acids is 1. The lowest BCUT2D eigenvalue weighted by molar-refractivity contribution is -0.137. The zero-order valence-corrected chi connectivity index (χ0v) is 21.6. The fraction of sp³-hybridized carbons (Fsp3) is 0.483. The number of halogens is 2. The summed E-state index contributed by atoms with van der Waals surface area (Å²) in [6.45, 7) is 8.61. The van der Waals surface area contributed by atoms with Crippen LogP contribution in [0.3, 0.4) is 0 Å². The number of aliphatic hydroxyl groups excluding tert-OH is 1. The van der Waals surface area contributed by atoms with Gasteiger partial charge in [0.05, 0.1) is 25.4 Å². The second-order valence-electron chi connectivity index (χ2n) is 9.52. The van der Waals surface area contributed by atoms with Crippen molar-refractivity contribution in [1.29, 1.82) is 0 Å². The molecule has 1 heterocycles. The number of nitrogens with zero attached hydrogens (tertiary/aromatic N) is 1. The van der Waals surface area contributed by atoms with Gasteiger partial charge in [-0.05, 0) is 106 Å². The minimum atomic E-state index is -0.725. The molecule has 0 unspecified atom stereocenters. The fourth-order valence-corrected chi connectivity index (χ4v) is 4.63. The van der Waals surface area contributed by atoms with Gasteiger partial charge < -0.3 is 14.6 Å². The van der Waals surface area contributed by atoms with E-state index in [-0.39, 0.29) is 30.9 Å². The van der Waals surface area contributed by atoms with Gasteiger partial charge in [0.15, 0.2) is 0 Å². The van der Waals surface area contributed by atoms with E-state index in [1.807, 2.05) is 6.07 Å². The molecule has 0 amide bonds. The quantitative estimate of drug-likeness (QED) is 0.334. The van der Waals surface area contributed by atoms with Crippen LogP contribution in [0.25, 0.3) is 6.08 Å². The summed E-state index contributed by atoms with van der Waals surface area (Å²) in [5, 5.41) is 10.7. The topological polar surface area (TPSA) is 59.0 Å². The third-order valence-electron chi connectivity index (χ3n) is 6.68. The molecular formula is C29H37F2NO4. The summed E-state index contributed by atoms with van der Waals surface area (Å²) in [5.74, 6) is -1.02. The number of aliphatic hydroxyl groups is 1. The predicted molar refractivity (Wildman–Crippen MR) is 137 cm³/mol. The smallest absolute Gasteiger partial charge is 0.330 e. The van der Waals surface area contributed by atoms with Crippen LogP contribution >= 0.6 is 0 Å². The third-order valence-corrected chi connectivity index (χ3v) is 6.68. The number of aryl methyl sites for hydroxylation is 2. The molecule has 0 spiro atoms. The molecule has 2 aromatic carbocycles. The lowest BCUT2D eigenvalue weighted by atomic mass is 9.99. The molecule has 0 radical (unpaired) electrons. The lowest BCUT2D eigenvalue weighted by Gasteiger charge is -2.27. The van der Waals surface area contributed by atoms with Crippen LogP contribution in [0.5, 0.6) is 0 Å². The standard InChI is InChI=1S/C29H37F2NO4/c1-5-35-29(34)11-10-23-13-20(3)28(31)16-26(23)21(4)36-18-25(33)17-32-12-6-7-24(32)14-22-9-8-19(2)27(30)15-22/h8-11,13,15-16,21,24-25,33H,5-7,12,14,17-18H2,1-4H3/t21-,24+,25-/m1/s1. The van der Waals surface area contributed by atoms with Gasteiger partial charge in [0.25, 0.3) is 0 Å². The number of hydrogen-bond acceptors (Lipinski definition) is 5.